The summed E-state index contributed by atoms with van der Waals surface area (Å²) in [6.45, 7) is 0. The lowest BCUT2D eigenvalue weighted by atomic mass is 9.90. The number of hydrogen-bond donors (Lipinski definition) is 6. The molecule has 18 heteroatoms. The quantitative estimate of drug-likeness (QED) is 0.0850. The van der Waals surface area contributed by atoms with Crippen molar-refractivity contribution >= 4 is 49.6 Å². The van der Waals surface area contributed by atoms with Gasteiger partial charge in [-0.2, -0.15) is 0 Å². The number of amides is 1. The van der Waals surface area contributed by atoms with Gasteiger partial charge in [-0.25, -0.2) is 51.8 Å². The normalized spacial score (nSPS) is 19.3. The van der Waals surface area contributed by atoms with E-state index in [1.807, 2.05) is 42.5 Å². The van der Waals surface area contributed by atoms with E-state index < -0.39 is 21.7 Å². The Labute approximate surface area is 344 Å². The Morgan fingerprint density at radius 3 is 1.65 bits per heavy atom. The topological polar surface area (TPSA) is 208 Å². The average molecular weight is 835 g/mol. The first kappa shape index (κ1) is 40.4. The van der Waals surface area contributed by atoms with E-state index in [4.69, 9.17) is 0 Å². The smallest absolute Gasteiger partial charge is 0.251 e. The van der Waals surface area contributed by atoms with Crippen molar-refractivity contribution in [3.8, 4) is 22.8 Å². The number of fused-ring (bicyclic) bond motifs is 2. The van der Waals surface area contributed by atoms with E-state index in [-0.39, 0.29) is 41.7 Å². The van der Waals surface area contributed by atoms with E-state index in [1.54, 1.807) is 36.9 Å². The van der Waals surface area contributed by atoms with E-state index in [0.717, 1.165) is 84.9 Å². The van der Waals surface area contributed by atoms with Gasteiger partial charge in [-0.05, 0) is 62.1 Å². The lowest BCUT2D eigenvalue weighted by Crippen LogP contribution is -2.48. The van der Waals surface area contributed by atoms with Crippen molar-refractivity contribution in [2.24, 2.45) is 0 Å². The molecule has 7 aromatic rings. The maximum atomic E-state index is 14.6. The summed E-state index contributed by atoms with van der Waals surface area (Å²) < 4.78 is 55.0. The molecule has 310 valence electrons. The Morgan fingerprint density at radius 1 is 0.650 bits per heavy atom. The number of nitrogens with zero attached hydrogens (tertiary/aromatic N) is 6. The number of benzene rings is 1. The first-order valence-electron chi connectivity index (χ1n) is 19.9. The van der Waals surface area contributed by atoms with Gasteiger partial charge in [0.15, 0.2) is 34.9 Å². The second kappa shape index (κ2) is 17.8. The molecule has 1 aromatic carbocycles. The third-order valence-electron chi connectivity index (χ3n) is 10.8. The second-order valence-electron chi connectivity index (χ2n) is 15.0. The fraction of sp³-hybridized carbons (Fsp3) is 0.310. The van der Waals surface area contributed by atoms with Crippen LogP contribution < -0.4 is 20.7 Å². The van der Waals surface area contributed by atoms with E-state index in [1.165, 1.54) is 6.20 Å². The first-order chi connectivity index (χ1) is 29.1. The molecule has 2 unspecified atom stereocenters. The number of carbonyl (C=O) groups excluding carboxylic acids is 1. The highest BCUT2D eigenvalue weighted by molar-refractivity contribution is 7.88. The summed E-state index contributed by atoms with van der Waals surface area (Å²) in [5.41, 5.74) is 3.51. The fourth-order valence-corrected chi connectivity index (χ4v) is 8.70. The molecule has 0 bridgehead atoms. The van der Waals surface area contributed by atoms with Gasteiger partial charge in [0, 0.05) is 76.4 Å². The minimum absolute atomic E-state index is 0.0652. The zero-order valence-corrected chi connectivity index (χ0v) is 33.5. The van der Waals surface area contributed by atoms with Gasteiger partial charge < -0.3 is 25.9 Å². The molecule has 60 heavy (non-hydrogen) atoms. The van der Waals surface area contributed by atoms with Gasteiger partial charge in [0.2, 0.25) is 10.0 Å². The summed E-state index contributed by atoms with van der Waals surface area (Å²) in [5, 5.41) is 11.2. The largest absolute Gasteiger partial charge is 0.363 e. The van der Waals surface area contributed by atoms with Gasteiger partial charge in [0.05, 0.1) is 18.6 Å². The molecule has 2 aliphatic carbocycles. The molecule has 2 fully saturated rings. The molecule has 6 N–H and O–H groups in total. The van der Waals surface area contributed by atoms with Crippen LogP contribution in [0.4, 0.5) is 20.4 Å². The second-order valence-corrected chi connectivity index (χ2v) is 16.8. The molecule has 6 heterocycles. The Hall–Kier alpha value is -6.40. The third kappa shape index (κ3) is 9.39. The number of aromatic amines is 2. The van der Waals surface area contributed by atoms with Crippen LogP contribution >= 0.6 is 0 Å². The zero-order chi connectivity index (χ0) is 41.6. The number of rotatable bonds is 10. The van der Waals surface area contributed by atoms with E-state index in [0.29, 0.717) is 29.3 Å². The summed E-state index contributed by atoms with van der Waals surface area (Å²) in [4.78, 5) is 44.5. The van der Waals surface area contributed by atoms with Crippen LogP contribution in [0.25, 0.3) is 44.8 Å². The lowest BCUT2D eigenvalue weighted by Gasteiger charge is -2.33. The molecule has 0 spiro atoms. The van der Waals surface area contributed by atoms with Crippen LogP contribution in [0.1, 0.15) is 61.7 Å². The van der Waals surface area contributed by atoms with Crippen molar-refractivity contribution in [2.75, 3.05) is 16.9 Å². The van der Waals surface area contributed by atoms with Crippen molar-refractivity contribution in [3.63, 3.8) is 0 Å². The van der Waals surface area contributed by atoms with Crippen molar-refractivity contribution in [1.29, 1.82) is 0 Å². The molecule has 0 saturated heterocycles. The van der Waals surface area contributed by atoms with Crippen molar-refractivity contribution in [2.45, 2.75) is 75.5 Å². The molecule has 1 amide bonds. The van der Waals surface area contributed by atoms with E-state index in [2.05, 4.69) is 60.5 Å². The number of carbonyl (C=O) groups is 1. The van der Waals surface area contributed by atoms with Gasteiger partial charge in [0.25, 0.3) is 5.91 Å². The Bertz CT molecular complexity index is 2710. The highest BCUT2D eigenvalue weighted by Crippen LogP contribution is 2.30. The molecular weight excluding hydrogens is 791 g/mol. The minimum Gasteiger partial charge on any atom is -0.363 e. The molecule has 2 saturated carbocycles. The highest BCUT2D eigenvalue weighted by atomic mass is 32.2. The van der Waals surface area contributed by atoms with Crippen molar-refractivity contribution in [1.82, 2.24) is 49.9 Å². The van der Waals surface area contributed by atoms with Gasteiger partial charge in [-0.15, -0.1) is 0 Å². The van der Waals surface area contributed by atoms with Gasteiger partial charge in [-0.1, -0.05) is 43.9 Å². The molecule has 6 aromatic heterocycles. The summed E-state index contributed by atoms with van der Waals surface area (Å²) in [6, 6.07) is 15.8. The minimum atomic E-state index is -3.35. The van der Waals surface area contributed by atoms with Crippen molar-refractivity contribution in [3.05, 3.63) is 109 Å². The van der Waals surface area contributed by atoms with Crippen LogP contribution in [-0.2, 0) is 10.0 Å². The van der Waals surface area contributed by atoms with E-state index in [9.17, 15) is 22.0 Å². The fourth-order valence-electron chi connectivity index (χ4n) is 7.87. The first-order valence-corrected chi connectivity index (χ1v) is 21.7. The van der Waals surface area contributed by atoms with Crippen molar-refractivity contribution < 1.29 is 22.0 Å². The zero-order valence-electron chi connectivity index (χ0n) is 32.7. The molecular formula is C42H44F2N12O3S. The number of hydrogen-bond acceptors (Lipinski definition) is 11. The van der Waals surface area contributed by atoms with E-state index >= 15 is 0 Å². The van der Waals surface area contributed by atoms with Crippen LogP contribution in [0.15, 0.2) is 91.8 Å². The maximum absolute atomic E-state index is 14.6. The van der Waals surface area contributed by atoms with Gasteiger partial charge in [0.1, 0.15) is 11.3 Å². The summed E-state index contributed by atoms with van der Waals surface area (Å²) in [5.74, 6) is -0.245. The molecule has 2 aliphatic rings. The monoisotopic (exact) mass is 834 g/mol. The maximum Gasteiger partial charge on any atom is 0.251 e. The highest BCUT2D eigenvalue weighted by Gasteiger charge is 2.30. The Kier molecular flexibility index (Phi) is 12.0. The Morgan fingerprint density at radius 2 is 1.13 bits per heavy atom. The summed E-state index contributed by atoms with van der Waals surface area (Å²) >= 11 is 0. The predicted octanol–water partition coefficient (Wildman–Crippen LogP) is 6.74. The van der Waals surface area contributed by atoms with Crippen LogP contribution in [-0.4, -0.2) is 84.6 Å². The number of aromatic nitrogens is 8. The SMILES string of the molecule is CS(=O)(=O)N[C@@H]1CCCCC1Nc1nc(-c2c[nH]c3ncccc23)ncc1F.O=C(N[C@@H]1CCCCC1Nc1nc(-c2c[nH]c3ncccc23)ncc1F)c1ccccc1. The summed E-state index contributed by atoms with van der Waals surface area (Å²) in [6.07, 6.45) is 17.3. The number of halogens is 2. The van der Waals surface area contributed by atoms with Crippen LogP contribution in [0, 0.1) is 11.6 Å². The molecule has 0 aliphatic heterocycles. The van der Waals surface area contributed by atoms with Crippen LogP contribution in [0.2, 0.25) is 0 Å². The number of H-pyrrole nitrogens is 2. The number of sulfonamides is 1. The Balaban J connectivity index is 0.000000168. The predicted molar refractivity (Wildman–Crippen MR) is 225 cm³/mol. The van der Waals surface area contributed by atoms with Crippen LogP contribution in [0.5, 0.6) is 0 Å². The van der Waals surface area contributed by atoms with Gasteiger partial charge >= 0.3 is 0 Å². The average Bonchev–Trinajstić information content (AvgIpc) is 3.89. The lowest BCUT2D eigenvalue weighted by molar-refractivity contribution is 0.0923. The number of anilines is 2. The standard InChI is InChI=1S/C24H23FN6O.C18H21FN6O2S/c25-18-14-28-22(17-13-27-21-16(17)9-6-12-26-21)31-23(18)29-19-10-4-5-11-20(19)30-24(32)15-7-2-1-3-8-15;1-28(26,27)25-15-7-3-2-6-14(15)23-18-13(19)10-22-17(24-18)12-9-21-16-11(12)5-4-8-20-16/h1-3,6-9,12-14,19-20H,4-5,10-11H2,(H,26,27)(H,30,32)(H,28,29,31);4-5,8-10,14-15,25H,2-3,6-7H2,1H3,(H,20,21)(H,22,23,24)/t19?,20-;14?,15-/m11/s1. The molecule has 15 nitrogen and oxygen atoms in total. The van der Waals surface area contributed by atoms with Crippen LogP contribution in [0.3, 0.4) is 0 Å². The molecule has 0 radical (unpaired) electrons. The molecule has 4 atom stereocenters. The number of pyridine rings is 2. The third-order valence-corrected chi connectivity index (χ3v) is 11.5. The van der Waals surface area contributed by atoms with Gasteiger partial charge in [-0.3, -0.25) is 4.79 Å². The molecule has 9 rings (SSSR count). The number of nitrogens with one attached hydrogen (secondary N) is 6. The summed E-state index contributed by atoms with van der Waals surface area (Å²) in [7, 11) is -3.35.